The molecule has 3 unspecified atom stereocenters. The van der Waals surface area contributed by atoms with E-state index in [1.54, 1.807) is 5.56 Å². The molecule has 2 saturated carbocycles. The van der Waals surface area contributed by atoms with Gasteiger partial charge in [0.15, 0.2) is 6.20 Å². The van der Waals surface area contributed by atoms with E-state index < -0.39 is 0 Å². The van der Waals surface area contributed by atoms with Gasteiger partial charge in [-0.2, -0.15) is 0 Å². The van der Waals surface area contributed by atoms with Crippen molar-refractivity contribution in [3.05, 3.63) is 70.4 Å². The first-order valence-corrected chi connectivity index (χ1v) is 13.4. The van der Waals surface area contributed by atoms with Crippen LogP contribution in [0.4, 0.5) is 0 Å². The maximum Gasteiger partial charge on any atom is 0.224 e. The summed E-state index contributed by atoms with van der Waals surface area (Å²) in [6.07, 6.45) is 7.98. The van der Waals surface area contributed by atoms with Crippen LogP contribution in [0.5, 0.6) is 0 Å². The van der Waals surface area contributed by atoms with Gasteiger partial charge in [0.05, 0.1) is 27.3 Å². The summed E-state index contributed by atoms with van der Waals surface area (Å²) >= 11 is 0. The van der Waals surface area contributed by atoms with E-state index in [-0.39, 0.29) is 0 Å². The molecule has 2 bridgehead atoms. The fraction of sp³-hybridized carbons (Fsp3) is 0.364. The van der Waals surface area contributed by atoms with Crippen LogP contribution >= 0.6 is 0 Å². The van der Waals surface area contributed by atoms with E-state index in [0.717, 1.165) is 11.8 Å². The summed E-state index contributed by atoms with van der Waals surface area (Å²) in [6, 6.07) is 14.5. The molecule has 3 heterocycles. The second-order valence-corrected chi connectivity index (χ2v) is 11.9. The van der Waals surface area contributed by atoms with Gasteiger partial charge >= 0.3 is 0 Å². The number of pyridine rings is 2. The predicted molar refractivity (Wildman–Crippen MR) is 147 cm³/mol. The Morgan fingerprint density at radius 2 is 1.69 bits per heavy atom. The average Bonchev–Trinajstić information content (AvgIpc) is 3.55. The zero-order valence-corrected chi connectivity index (χ0v) is 21.5. The van der Waals surface area contributed by atoms with Gasteiger partial charge in [-0.3, -0.25) is 0 Å². The lowest BCUT2D eigenvalue weighted by Gasteiger charge is -2.24. The van der Waals surface area contributed by atoms with Crippen molar-refractivity contribution in [2.45, 2.75) is 59.3 Å². The third kappa shape index (κ3) is 2.38. The van der Waals surface area contributed by atoms with Crippen molar-refractivity contribution in [3.8, 4) is 0 Å². The Hall–Kier alpha value is -3.13. The van der Waals surface area contributed by atoms with Gasteiger partial charge < -0.3 is 4.40 Å². The summed E-state index contributed by atoms with van der Waals surface area (Å²) in [5.41, 5.74) is 12.7. The molecule has 3 atom stereocenters. The SMILES string of the molecule is Cc1ccc2c3c(C4CC5CCC4C5)cc4cc[n+](C)c5c6c(C)c(C)cc(C)c6n(c2c1)c3c45. The quantitative estimate of drug-likeness (QED) is 0.134. The van der Waals surface area contributed by atoms with Crippen LogP contribution in [-0.4, -0.2) is 4.40 Å². The summed E-state index contributed by atoms with van der Waals surface area (Å²) in [7, 11) is 2.23. The summed E-state index contributed by atoms with van der Waals surface area (Å²) in [5, 5.41) is 7.23. The molecule has 0 radical (unpaired) electrons. The first kappa shape index (κ1) is 20.1. The van der Waals surface area contributed by atoms with E-state index in [1.165, 1.54) is 96.9 Å². The summed E-state index contributed by atoms with van der Waals surface area (Å²) in [5.74, 6) is 2.51. The Bertz CT molecular complexity index is 1870. The molecule has 3 aromatic carbocycles. The smallest absolute Gasteiger partial charge is 0.224 e. The maximum atomic E-state index is 2.65. The van der Waals surface area contributed by atoms with E-state index >= 15 is 0 Å². The van der Waals surface area contributed by atoms with E-state index in [1.807, 2.05) is 0 Å². The monoisotopic (exact) mass is 457 g/mol. The number of hydrogen-bond donors (Lipinski definition) is 0. The van der Waals surface area contributed by atoms with Gasteiger partial charge in [0.1, 0.15) is 7.05 Å². The molecule has 0 aliphatic heterocycles. The van der Waals surface area contributed by atoms with Crippen molar-refractivity contribution >= 4 is 49.0 Å². The molecule has 6 aromatic rings. The molecule has 0 N–H and O–H groups in total. The summed E-state index contributed by atoms with van der Waals surface area (Å²) in [4.78, 5) is 0. The maximum absolute atomic E-state index is 2.65. The summed E-state index contributed by atoms with van der Waals surface area (Å²) in [6.45, 7) is 9.13. The molecule has 0 amide bonds. The van der Waals surface area contributed by atoms with Gasteiger partial charge in [-0.1, -0.05) is 24.6 Å². The Labute approximate surface area is 206 Å². The lowest BCUT2D eigenvalue weighted by Crippen LogP contribution is -2.29. The van der Waals surface area contributed by atoms with E-state index in [9.17, 15) is 0 Å². The largest absolute Gasteiger partial charge is 0.307 e. The van der Waals surface area contributed by atoms with Crippen LogP contribution in [0.25, 0.3) is 49.0 Å². The van der Waals surface area contributed by atoms with Crippen molar-refractivity contribution in [2.75, 3.05) is 0 Å². The second kappa shape index (κ2) is 6.55. The highest BCUT2D eigenvalue weighted by atomic mass is 15.0. The topological polar surface area (TPSA) is 8.29 Å². The molecule has 8 rings (SSSR count). The minimum absolute atomic E-state index is 0.707. The highest BCUT2D eigenvalue weighted by Crippen LogP contribution is 2.56. The molecule has 2 nitrogen and oxygen atoms in total. The Morgan fingerprint density at radius 3 is 2.46 bits per heavy atom. The first-order valence-electron chi connectivity index (χ1n) is 13.4. The number of aryl methyl sites for hydroxylation is 5. The number of rotatable bonds is 1. The van der Waals surface area contributed by atoms with Crippen LogP contribution in [0.1, 0.15) is 59.4 Å². The zero-order chi connectivity index (χ0) is 23.7. The zero-order valence-electron chi connectivity index (χ0n) is 21.5. The number of fused-ring (bicyclic) bond motifs is 8. The lowest BCUT2D eigenvalue weighted by molar-refractivity contribution is -0.643. The highest BCUT2D eigenvalue weighted by Gasteiger charge is 2.41. The van der Waals surface area contributed by atoms with E-state index in [4.69, 9.17) is 0 Å². The molecule has 2 aliphatic carbocycles. The van der Waals surface area contributed by atoms with Crippen molar-refractivity contribution in [1.82, 2.24) is 4.40 Å². The van der Waals surface area contributed by atoms with Gasteiger partial charge in [-0.05, 0) is 110 Å². The van der Waals surface area contributed by atoms with Crippen LogP contribution in [0.3, 0.4) is 0 Å². The number of nitrogens with zero attached hydrogens (tertiary/aromatic N) is 2. The molecule has 2 heteroatoms. The van der Waals surface area contributed by atoms with Crippen molar-refractivity contribution in [1.29, 1.82) is 0 Å². The first-order chi connectivity index (χ1) is 16.9. The third-order valence-corrected chi connectivity index (χ3v) is 9.92. The molecule has 3 aromatic heterocycles. The summed E-state index contributed by atoms with van der Waals surface area (Å²) < 4.78 is 5.02. The van der Waals surface area contributed by atoms with Crippen LogP contribution in [0, 0.1) is 39.5 Å². The van der Waals surface area contributed by atoms with E-state index in [0.29, 0.717) is 5.92 Å². The molecule has 174 valence electrons. The normalized spacial score (nSPS) is 22.3. The van der Waals surface area contributed by atoms with Gasteiger partial charge in [-0.25, -0.2) is 4.57 Å². The molecule has 0 spiro atoms. The predicted octanol–water partition coefficient (Wildman–Crippen LogP) is 7.95. The minimum Gasteiger partial charge on any atom is -0.307 e. The third-order valence-electron chi connectivity index (χ3n) is 9.92. The van der Waals surface area contributed by atoms with Crippen LogP contribution in [0.2, 0.25) is 0 Å². The molecule has 2 fully saturated rings. The van der Waals surface area contributed by atoms with Crippen molar-refractivity contribution in [3.63, 3.8) is 0 Å². The lowest BCUT2D eigenvalue weighted by atomic mass is 9.80. The fourth-order valence-corrected chi connectivity index (χ4v) is 8.30. The van der Waals surface area contributed by atoms with Gasteiger partial charge in [-0.15, -0.1) is 0 Å². The molecule has 2 aliphatic rings. The van der Waals surface area contributed by atoms with Gasteiger partial charge in [0.2, 0.25) is 5.52 Å². The standard InChI is InChI=1S/C33H33N2/c1-17-6-9-24-27(12-17)35-31-19(3)13-18(2)20(4)28(31)32-29-23(10-11-34(32)5)16-26(30(24)33(29)35)25-15-21-7-8-22(25)14-21/h6,9-13,16,21-22,25H,7-8,14-15H2,1-5H3/q+1. The van der Waals surface area contributed by atoms with Crippen molar-refractivity contribution in [2.24, 2.45) is 18.9 Å². The van der Waals surface area contributed by atoms with Crippen LogP contribution in [-0.2, 0) is 7.05 Å². The Morgan fingerprint density at radius 1 is 0.829 bits per heavy atom. The fourth-order valence-electron chi connectivity index (χ4n) is 8.30. The number of benzene rings is 3. The highest BCUT2D eigenvalue weighted by molar-refractivity contribution is 6.28. The van der Waals surface area contributed by atoms with Crippen LogP contribution < -0.4 is 4.57 Å². The number of aromatic nitrogens is 2. The average molecular weight is 458 g/mol. The van der Waals surface area contributed by atoms with Gasteiger partial charge in [0, 0.05) is 16.8 Å². The van der Waals surface area contributed by atoms with Crippen molar-refractivity contribution < 1.29 is 4.57 Å². The van der Waals surface area contributed by atoms with Crippen LogP contribution in [0.15, 0.2) is 42.6 Å². The minimum atomic E-state index is 0.707. The van der Waals surface area contributed by atoms with E-state index in [2.05, 4.69) is 86.3 Å². The molecule has 0 saturated heterocycles. The molecular formula is C33H33N2+. The Kier molecular flexibility index (Phi) is 3.76. The second-order valence-electron chi connectivity index (χ2n) is 11.9. The number of hydrogen-bond acceptors (Lipinski definition) is 0. The molecule has 35 heavy (non-hydrogen) atoms. The Balaban J connectivity index is 1.72. The van der Waals surface area contributed by atoms with Gasteiger partial charge in [0.25, 0.3) is 0 Å². The molecular weight excluding hydrogens is 424 g/mol.